The highest BCUT2D eigenvalue weighted by molar-refractivity contribution is 5.89. The Morgan fingerprint density at radius 3 is 2.44 bits per heavy atom. The van der Waals surface area contributed by atoms with Crippen LogP contribution in [-0.4, -0.2) is 29.1 Å². The fourth-order valence-electron chi connectivity index (χ4n) is 3.50. The smallest absolute Gasteiger partial charge is 0.338 e. The minimum Gasteiger partial charge on any atom is -0.463 e. The topological polar surface area (TPSA) is 95.7 Å². The molecule has 0 bridgehead atoms. The lowest BCUT2D eigenvalue weighted by atomic mass is 9.87. The molecule has 7 heteroatoms. The van der Waals surface area contributed by atoms with Crippen LogP contribution in [-0.2, 0) is 14.3 Å². The van der Waals surface area contributed by atoms with Gasteiger partial charge in [0.15, 0.2) is 0 Å². The van der Waals surface area contributed by atoms with E-state index in [1.807, 2.05) is 13.8 Å². The first-order chi connectivity index (χ1) is 11.8. The van der Waals surface area contributed by atoms with Crippen LogP contribution < -0.4 is 0 Å². The summed E-state index contributed by atoms with van der Waals surface area (Å²) in [6.45, 7) is 3.62. The van der Waals surface area contributed by atoms with Gasteiger partial charge in [0.05, 0.1) is 22.5 Å². The van der Waals surface area contributed by atoms with Crippen LogP contribution in [0.15, 0.2) is 24.3 Å². The molecule has 4 unspecified atom stereocenters. The van der Waals surface area contributed by atoms with E-state index in [1.165, 1.54) is 24.3 Å². The molecule has 0 aromatic heterocycles. The summed E-state index contributed by atoms with van der Waals surface area (Å²) in [4.78, 5) is 34.6. The molecule has 2 aliphatic carbocycles. The maximum absolute atomic E-state index is 12.3. The summed E-state index contributed by atoms with van der Waals surface area (Å²) in [6.07, 6.45) is 1.77. The number of carbonyl (C=O) groups excluding carboxylic acids is 2. The second-order valence-electron chi connectivity index (χ2n) is 7.06. The summed E-state index contributed by atoms with van der Waals surface area (Å²) in [7, 11) is 0. The van der Waals surface area contributed by atoms with E-state index in [0.717, 1.165) is 12.8 Å². The molecule has 4 atom stereocenters. The lowest BCUT2D eigenvalue weighted by Crippen LogP contribution is -2.33. The van der Waals surface area contributed by atoms with Gasteiger partial charge in [-0.3, -0.25) is 14.9 Å². The van der Waals surface area contributed by atoms with Crippen LogP contribution in [0.1, 0.15) is 43.5 Å². The Labute approximate surface area is 145 Å². The molecule has 0 aliphatic heterocycles. The third-order valence-corrected chi connectivity index (χ3v) is 4.82. The molecule has 25 heavy (non-hydrogen) atoms. The molecule has 3 rings (SSSR count). The molecule has 0 radical (unpaired) electrons. The van der Waals surface area contributed by atoms with E-state index in [-0.39, 0.29) is 35.3 Å². The summed E-state index contributed by atoms with van der Waals surface area (Å²) in [6, 6.07) is 5.33. The number of carbonyl (C=O) groups is 2. The number of nitro benzene ring substituents is 1. The Hall–Kier alpha value is -2.44. The van der Waals surface area contributed by atoms with E-state index >= 15 is 0 Å². The molecule has 7 nitrogen and oxygen atoms in total. The zero-order valence-electron chi connectivity index (χ0n) is 14.2. The second-order valence-corrected chi connectivity index (χ2v) is 7.06. The Kier molecular flexibility index (Phi) is 4.74. The van der Waals surface area contributed by atoms with Crippen LogP contribution in [0.4, 0.5) is 5.69 Å². The van der Waals surface area contributed by atoms with Gasteiger partial charge in [-0.2, -0.15) is 0 Å². The number of fused-ring (bicyclic) bond motifs is 1. The zero-order chi connectivity index (χ0) is 18.1. The third-order valence-electron chi connectivity index (χ3n) is 4.82. The predicted molar refractivity (Wildman–Crippen MR) is 87.8 cm³/mol. The maximum atomic E-state index is 12.3. The Bertz CT molecular complexity index is 683. The van der Waals surface area contributed by atoms with Gasteiger partial charge in [0.25, 0.3) is 5.69 Å². The van der Waals surface area contributed by atoms with Crippen LogP contribution in [0.5, 0.6) is 0 Å². The van der Waals surface area contributed by atoms with Gasteiger partial charge in [-0.05, 0) is 57.1 Å². The highest BCUT2D eigenvalue weighted by atomic mass is 16.6. The zero-order valence-corrected chi connectivity index (χ0v) is 14.2. The largest absolute Gasteiger partial charge is 0.463 e. The minimum absolute atomic E-state index is 0.0760. The number of esters is 2. The fraction of sp³-hybridized carbons (Fsp3) is 0.556. The summed E-state index contributed by atoms with van der Waals surface area (Å²) in [5, 5.41) is 10.7. The van der Waals surface area contributed by atoms with Gasteiger partial charge >= 0.3 is 11.9 Å². The van der Waals surface area contributed by atoms with Gasteiger partial charge in [0, 0.05) is 12.1 Å². The number of hydrogen-bond acceptors (Lipinski definition) is 6. The summed E-state index contributed by atoms with van der Waals surface area (Å²) in [5.74, 6) is -0.251. The Balaban J connectivity index is 1.62. The van der Waals surface area contributed by atoms with Gasteiger partial charge in [-0.15, -0.1) is 0 Å². The average molecular weight is 347 g/mol. The van der Waals surface area contributed by atoms with E-state index in [0.29, 0.717) is 18.3 Å². The van der Waals surface area contributed by atoms with Gasteiger partial charge in [-0.1, -0.05) is 0 Å². The lowest BCUT2D eigenvalue weighted by molar-refractivity contribution is -0.384. The van der Waals surface area contributed by atoms with Crippen molar-refractivity contribution in [2.45, 2.75) is 45.3 Å². The van der Waals surface area contributed by atoms with Crippen LogP contribution in [0, 0.1) is 27.9 Å². The van der Waals surface area contributed by atoms with E-state index in [1.54, 1.807) is 0 Å². The summed E-state index contributed by atoms with van der Waals surface area (Å²) in [5.41, 5.74) is 0.197. The van der Waals surface area contributed by atoms with Gasteiger partial charge in [0.2, 0.25) is 0 Å². The molecule has 0 N–H and O–H groups in total. The van der Waals surface area contributed by atoms with Gasteiger partial charge in [-0.25, -0.2) is 4.79 Å². The maximum Gasteiger partial charge on any atom is 0.338 e. The monoisotopic (exact) mass is 347 g/mol. The third kappa shape index (κ3) is 3.97. The van der Waals surface area contributed by atoms with Crippen molar-refractivity contribution in [3.05, 3.63) is 39.9 Å². The van der Waals surface area contributed by atoms with Gasteiger partial charge < -0.3 is 9.47 Å². The SMILES string of the molecule is CC(C)OC(=O)C1CC2CC2C(OC(=O)c2ccc([N+](=O)[O-])cc2)C1. The van der Waals surface area contributed by atoms with Crippen molar-refractivity contribution in [3.63, 3.8) is 0 Å². The second kappa shape index (κ2) is 6.82. The number of nitrogens with zero attached hydrogens (tertiary/aromatic N) is 1. The van der Waals surface area contributed by atoms with Crippen molar-refractivity contribution in [2.75, 3.05) is 0 Å². The lowest BCUT2D eigenvalue weighted by Gasteiger charge is -2.27. The first-order valence-electron chi connectivity index (χ1n) is 8.51. The standard InChI is InChI=1S/C18H21NO6/c1-10(2)24-18(21)13-7-12-8-15(12)16(9-13)25-17(20)11-3-5-14(6-4-11)19(22)23/h3-6,10,12-13,15-16H,7-9H2,1-2H3. The normalized spacial score (nSPS) is 27.3. The number of rotatable bonds is 5. The molecule has 0 saturated heterocycles. The van der Waals surface area contributed by atoms with Crippen LogP contribution in [0.2, 0.25) is 0 Å². The van der Waals surface area contributed by atoms with E-state index in [9.17, 15) is 19.7 Å². The Morgan fingerprint density at radius 2 is 1.84 bits per heavy atom. The molecular formula is C18H21NO6. The first kappa shape index (κ1) is 17.4. The van der Waals surface area contributed by atoms with E-state index in [4.69, 9.17) is 9.47 Å². The number of ether oxygens (including phenoxy) is 2. The molecule has 2 fully saturated rings. The van der Waals surface area contributed by atoms with Crippen molar-refractivity contribution in [1.29, 1.82) is 0 Å². The van der Waals surface area contributed by atoms with Crippen molar-refractivity contribution in [2.24, 2.45) is 17.8 Å². The summed E-state index contributed by atoms with van der Waals surface area (Å²) >= 11 is 0. The molecule has 1 aromatic carbocycles. The molecular weight excluding hydrogens is 326 g/mol. The molecule has 0 heterocycles. The molecule has 0 spiro atoms. The molecule has 2 aliphatic rings. The number of benzene rings is 1. The predicted octanol–water partition coefficient (Wildman–Crippen LogP) is 3.12. The van der Waals surface area contributed by atoms with Crippen molar-refractivity contribution < 1.29 is 24.0 Å². The average Bonchev–Trinajstić information content (AvgIpc) is 3.34. The van der Waals surface area contributed by atoms with Crippen LogP contribution in [0.3, 0.4) is 0 Å². The van der Waals surface area contributed by atoms with E-state index in [2.05, 4.69) is 0 Å². The number of non-ortho nitro benzene ring substituents is 1. The molecule has 2 saturated carbocycles. The van der Waals surface area contributed by atoms with E-state index < -0.39 is 10.9 Å². The fourth-order valence-corrected chi connectivity index (χ4v) is 3.50. The first-order valence-corrected chi connectivity index (χ1v) is 8.51. The molecule has 134 valence electrons. The quantitative estimate of drug-likeness (QED) is 0.461. The Morgan fingerprint density at radius 1 is 1.16 bits per heavy atom. The number of nitro groups is 1. The summed E-state index contributed by atoms with van der Waals surface area (Å²) < 4.78 is 10.9. The van der Waals surface area contributed by atoms with Crippen molar-refractivity contribution >= 4 is 17.6 Å². The van der Waals surface area contributed by atoms with Gasteiger partial charge in [0.1, 0.15) is 6.10 Å². The van der Waals surface area contributed by atoms with Crippen LogP contribution >= 0.6 is 0 Å². The minimum atomic E-state index is -0.518. The molecule has 1 aromatic rings. The molecule has 0 amide bonds. The van der Waals surface area contributed by atoms with Crippen molar-refractivity contribution in [1.82, 2.24) is 0 Å². The highest BCUT2D eigenvalue weighted by Crippen LogP contribution is 2.53. The van der Waals surface area contributed by atoms with Crippen LogP contribution in [0.25, 0.3) is 0 Å². The van der Waals surface area contributed by atoms with Crippen molar-refractivity contribution in [3.8, 4) is 0 Å². The highest BCUT2D eigenvalue weighted by Gasteiger charge is 2.52. The number of hydrogen-bond donors (Lipinski definition) is 0.